The summed E-state index contributed by atoms with van der Waals surface area (Å²) in [5.41, 5.74) is 1.91. The molecule has 0 bridgehead atoms. The predicted octanol–water partition coefficient (Wildman–Crippen LogP) is 7.83. The Morgan fingerprint density at radius 2 is 1.58 bits per heavy atom. The molecular formula is C30H45ClO2. The molecule has 5 aliphatic rings. The highest BCUT2D eigenvalue weighted by Crippen LogP contribution is 2.76. The number of hydrogen-bond donors (Lipinski definition) is 0. The molecule has 5 rings (SSSR count). The third-order valence-corrected chi connectivity index (χ3v) is 13.3. The summed E-state index contributed by atoms with van der Waals surface area (Å²) in [5.74, 6) is 3.78. The summed E-state index contributed by atoms with van der Waals surface area (Å²) in [7, 11) is 0. The average molecular weight is 473 g/mol. The fourth-order valence-corrected chi connectivity index (χ4v) is 11.5. The van der Waals surface area contributed by atoms with Gasteiger partial charge in [0, 0.05) is 17.8 Å². The van der Waals surface area contributed by atoms with Crippen LogP contribution in [0.1, 0.15) is 99.3 Å². The number of allylic oxidation sites excluding steroid dienone is 1. The highest BCUT2D eigenvalue weighted by atomic mass is 35.5. The number of Topliss-reactive ketones (excluding diaryl/α,β-unsaturated/α-hetero) is 1. The van der Waals surface area contributed by atoms with Crippen molar-refractivity contribution in [2.24, 2.45) is 63.1 Å². The van der Waals surface area contributed by atoms with Crippen LogP contribution >= 0.6 is 11.6 Å². The lowest BCUT2D eigenvalue weighted by Crippen LogP contribution is -2.65. The highest BCUT2D eigenvalue weighted by molar-refractivity contribution is 6.64. The topological polar surface area (TPSA) is 34.1 Å². The highest BCUT2D eigenvalue weighted by Gasteiger charge is 2.69. The predicted molar refractivity (Wildman–Crippen MR) is 135 cm³/mol. The first-order valence-corrected chi connectivity index (χ1v) is 14.0. The zero-order valence-corrected chi connectivity index (χ0v) is 22.6. The molecule has 184 valence electrons. The van der Waals surface area contributed by atoms with Gasteiger partial charge in [0.25, 0.3) is 0 Å². The summed E-state index contributed by atoms with van der Waals surface area (Å²) in [5, 5.41) is -0.112. The van der Waals surface area contributed by atoms with Crippen LogP contribution < -0.4 is 0 Å². The molecule has 10 atom stereocenters. The van der Waals surface area contributed by atoms with Crippen molar-refractivity contribution < 1.29 is 9.59 Å². The quantitative estimate of drug-likeness (QED) is 0.303. The Morgan fingerprint density at radius 1 is 0.909 bits per heavy atom. The fourth-order valence-electron chi connectivity index (χ4n) is 11.3. The molecule has 2 nitrogen and oxygen atoms in total. The summed E-state index contributed by atoms with van der Waals surface area (Å²) < 4.78 is 0. The first-order chi connectivity index (χ1) is 15.3. The third kappa shape index (κ3) is 2.98. The molecule has 0 aliphatic heterocycles. The lowest BCUT2D eigenvalue weighted by molar-refractivity contribution is -0.226. The van der Waals surface area contributed by atoms with Crippen LogP contribution in [0.3, 0.4) is 0 Å². The Hall–Kier alpha value is -0.630. The Balaban J connectivity index is 1.53. The molecule has 0 aromatic heterocycles. The second-order valence-corrected chi connectivity index (χ2v) is 14.6. The van der Waals surface area contributed by atoms with E-state index in [1.165, 1.54) is 37.7 Å². The first kappa shape index (κ1) is 24.1. The van der Waals surface area contributed by atoms with Gasteiger partial charge in [0.2, 0.25) is 5.24 Å². The van der Waals surface area contributed by atoms with Crippen LogP contribution in [0.2, 0.25) is 0 Å². The summed E-state index contributed by atoms with van der Waals surface area (Å²) in [6, 6.07) is 0. The molecule has 5 fully saturated rings. The Bertz CT molecular complexity index is 890. The SMILES string of the molecule is C=C(C)[C@@H]1C[C@@H](C(=O)Cl)C2CC[C@]3(C)[C@H](CC[C@@H]4[C@@]5(C)CCC(=O)C(C)(C)[C@@H]5CC[C@]43C)[C@H]21. The van der Waals surface area contributed by atoms with E-state index in [1.807, 2.05) is 0 Å². The van der Waals surface area contributed by atoms with E-state index >= 15 is 0 Å². The molecular weight excluding hydrogens is 428 g/mol. The average Bonchev–Trinajstić information content (AvgIpc) is 3.12. The fraction of sp³-hybridized carbons (Fsp3) is 0.867. The van der Waals surface area contributed by atoms with Crippen molar-refractivity contribution in [3.05, 3.63) is 12.2 Å². The molecule has 5 saturated carbocycles. The van der Waals surface area contributed by atoms with Gasteiger partial charge in [-0.3, -0.25) is 9.59 Å². The van der Waals surface area contributed by atoms with Gasteiger partial charge in [0.1, 0.15) is 5.78 Å². The Labute approximate surface area is 206 Å². The molecule has 5 aliphatic carbocycles. The number of rotatable bonds is 2. The number of carbonyl (C=O) groups excluding carboxylic acids is 2. The van der Waals surface area contributed by atoms with Crippen LogP contribution in [-0.4, -0.2) is 11.0 Å². The normalized spacial score (nSPS) is 52.8. The maximum absolute atomic E-state index is 12.9. The maximum Gasteiger partial charge on any atom is 0.225 e. The van der Waals surface area contributed by atoms with Crippen molar-refractivity contribution in [2.45, 2.75) is 99.3 Å². The van der Waals surface area contributed by atoms with Gasteiger partial charge in [-0.25, -0.2) is 0 Å². The zero-order chi connectivity index (χ0) is 24.1. The van der Waals surface area contributed by atoms with Crippen molar-refractivity contribution in [3.63, 3.8) is 0 Å². The molecule has 0 N–H and O–H groups in total. The van der Waals surface area contributed by atoms with E-state index in [0.29, 0.717) is 46.7 Å². The maximum atomic E-state index is 12.9. The van der Waals surface area contributed by atoms with Crippen LogP contribution in [0, 0.1) is 63.1 Å². The number of fused-ring (bicyclic) bond motifs is 7. The molecule has 0 radical (unpaired) electrons. The number of halogens is 1. The van der Waals surface area contributed by atoms with E-state index in [9.17, 15) is 9.59 Å². The monoisotopic (exact) mass is 472 g/mol. The van der Waals surface area contributed by atoms with Crippen molar-refractivity contribution in [3.8, 4) is 0 Å². The minimum Gasteiger partial charge on any atom is -0.299 e. The summed E-state index contributed by atoms with van der Waals surface area (Å²) in [6.45, 7) is 18.8. The van der Waals surface area contributed by atoms with Crippen LogP contribution in [0.5, 0.6) is 0 Å². The van der Waals surface area contributed by atoms with Gasteiger partial charge >= 0.3 is 0 Å². The van der Waals surface area contributed by atoms with Crippen molar-refractivity contribution in [2.75, 3.05) is 0 Å². The number of hydrogen-bond acceptors (Lipinski definition) is 2. The van der Waals surface area contributed by atoms with E-state index in [1.54, 1.807) is 0 Å². The lowest BCUT2D eigenvalue weighted by atomic mass is 9.33. The molecule has 33 heavy (non-hydrogen) atoms. The van der Waals surface area contributed by atoms with Gasteiger partial charge in [-0.2, -0.15) is 0 Å². The first-order valence-electron chi connectivity index (χ1n) is 13.7. The number of ketones is 1. The van der Waals surface area contributed by atoms with E-state index in [4.69, 9.17) is 11.6 Å². The standard InChI is InChI=1S/C30H45ClO2/c1-17(2)19-16-20(26(31)33)18-10-14-29(6)21(25(18)19)8-9-23-28(5)13-12-24(32)27(3,4)22(28)11-15-30(23,29)7/h18-23,25H,1,8-16H2,2-7H3/t18?,19-,20+,21+,22-,23+,25+,28-,29+,30+/m0/s1. The molecule has 3 heteroatoms. The molecule has 0 spiro atoms. The smallest absolute Gasteiger partial charge is 0.225 e. The summed E-state index contributed by atoms with van der Waals surface area (Å²) in [6.07, 6.45) is 10.1. The van der Waals surface area contributed by atoms with Crippen LogP contribution in [0.25, 0.3) is 0 Å². The van der Waals surface area contributed by atoms with Gasteiger partial charge in [0.15, 0.2) is 0 Å². The van der Waals surface area contributed by atoms with Gasteiger partial charge in [0.05, 0.1) is 0 Å². The molecule has 0 amide bonds. The van der Waals surface area contributed by atoms with Gasteiger partial charge in [-0.05, 0) is 122 Å². The van der Waals surface area contributed by atoms with Crippen molar-refractivity contribution in [1.82, 2.24) is 0 Å². The van der Waals surface area contributed by atoms with Crippen molar-refractivity contribution >= 4 is 22.6 Å². The van der Waals surface area contributed by atoms with Gasteiger partial charge < -0.3 is 0 Å². The molecule has 0 heterocycles. The van der Waals surface area contributed by atoms with Crippen molar-refractivity contribution in [1.29, 1.82) is 0 Å². The van der Waals surface area contributed by atoms with E-state index < -0.39 is 0 Å². The summed E-state index contributed by atoms with van der Waals surface area (Å²) >= 11 is 6.16. The minimum atomic E-state index is -0.186. The Kier molecular flexibility index (Phi) is 5.43. The van der Waals surface area contributed by atoms with Crippen LogP contribution in [0.4, 0.5) is 0 Å². The molecule has 1 unspecified atom stereocenters. The minimum absolute atomic E-state index is 0.0202. The van der Waals surface area contributed by atoms with E-state index in [0.717, 1.165) is 25.7 Å². The largest absolute Gasteiger partial charge is 0.299 e. The molecule has 0 aromatic rings. The molecule has 0 aromatic carbocycles. The summed E-state index contributed by atoms with van der Waals surface area (Å²) in [4.78, 5) is 25.3. The zero-order valence-electron chi connectivity index (χ0n) is 21.8. The van der Waals surface area contributed by atoms with Gasteiger partial charge in [-0.1, -0.05) is 46.8 Å². The second-order valence-electron chi connectivity index (χ2n) is 14.2. The van der Waals surface area contributed by atoms with Crippen LogP contribution in [0.15, 0.2) is 12.2 Å². The second kappa shape index (κ2) is 7.44. The van der Waals surface area contributed by atoms with Gasteiger partial charge in [-0.15, -0.1) is 0 Å². The Morgan fingerprint density at radius 3 is 2.21 bits per heavy atom. The number of carbonyl (C=O) groups is 2. The molecule has 0 saturated heterocycles. The van der Waals surface area contributed by atoms with E-state index in [2.05, 4.69) is 48.1 Å². The lowest BCUT2D eigenvalue weighted by Gasteiger charge is -2.71. The third-order valence-electron chi connectivity index (χ3n) is 13.1. The van der Waals surface area contributed by atoms with E-state index in [-0.39, 0.29) is 27.4 Å². The van der Waals surface area contributed by atoms with Crippen LogP contribution in [-0.2, 0) is 9.59 Å².